The lowest BCUT2D eigenvalue weighted by Crippen LogP contribution is -2.38. The third kappa shape index (κ3) is 2.38. The Morgan fingerprint density at radius 2 is 2.39 bits per heavy atom. The number of nitrogens with two attached hydrogens (primary N) is 1. The number of nitrogens with zero attached hydrogens (tertiary/aromatic N) is 5. The van der Waals surface area contributed by atoms with Crippen molar-refractivity contribution in [1.29, 1.82) is 0 Å². The van der Waals surface area contributed by atoms with Crippen LogP contribution in [0, 0.1) is 0 Å². The van der Waals surface area contributed by atoms with E-state index >= 15 is 0 Å². The summed E-state index contributed by atoms with van der Waals surface area (Å²) in [5, 5.41) is 6.32. The van der Waals surface area contributed by atoms with E-state index in [-0.39, 0.29) is 11.8 Å². The molecule has 0 bridgehead atoms. The molecule has 0 saturated heterocycles. The molecule has 1 aliphatic rings. The van der Waals surface area contributed by atoms with Crippen LogP contribution in [-0.4, -0.2) is 42.1 Å². The van der Waals surface area contributed by atoms with E-state index in [9.17, 15) is 4.79 Å². The largest absolute Gasteiger partial charge is 0.375 e. The molecule has 0 saturated carbocycles. The van der Waals surface area contributed by atoms with Crippen LogP contribution in [0.1, 0.15) is 33.4 Å². The Morgan fingerprint density at radius 1 is 1.52 bits per heavy atom. The molecule has 0 spiro atoms. The normalized spacial score (nSPS) is 17.3. The Morgan fingerprint density at radius 3 is 3.09 bits per heavy atom. The fourth-order valence-corrected chi connectivity index (χ4v) is 3.44. The van der Waals surface area contributed by atoms with Gasteiger partial charge in [0.1, 0.15) is 5.69 Å². The predicted molar refractivity (Wildman–Crippen MR) is 84.9 cm³/mol. The Balaban J connectivity index is 1.68. The van der Waals surface area contributed by atoms with Crippen molar-refractivity contribution in [3.05, 3.63) is 46.7 Å². The van der Waals surface area contributed by atoms with Gasteiger partial charge in [-0.1, -0.05) is 0 Å². The first-order chi connectivity index (χ1) is 11.1. The van der Waals surface area contributed by atoms with E-state index in [2.05, 4.69) is 20.1 Å². The second kappa shape index (κ2) is 5.20. The van der Waals surface area contributed by atoms with Gasteiger partial charge in [-0.3, -0.25) is 9.48 Å². The molecule has 1 aliphatic heterocycles. The molecular weight excluding hydrogens is 314 g/mol. The molecular formula is C14H15N7OS. The van der Waals surface area contributed by atoms with E-state index in [0.717, 1.165) is 17.0 Å². The molecule has 23 heavy (non-hydrogen) atoms. The maximum atomic E-state index is 12.7. The van der Waals surface area contributed by atoms with Crippen LogP contribution < -0.4 is 5.73 Å². The van der Waals surface area contributed by atoms with Crippen molar-refractivity contribution in [1.82, 2.24) is 29.6 Å². The molecule has 4 heterocycles. The number of thiazole rings is 1. The van der Waals surface area contributed by atoms with Gasteiger partial charge in [-0.2, -0.15) is 5.10 Å². The Kier molecular flexibility index (Phi) is 3.15. The summed E-state index contributed by atoms with van der Waals surface area (Å²) in [4.78, 5) is 26.1. The summed E-state index contributed by atoms with van der Waals surface area (Å²) in [6.07, 6.45) is 5.44. The first-order valence-corrected chi connectivity index (χ1v) is 8.00. The average molecular weight is 329 g/mol. The molecule has 0 aliphatic carbocycles. The fourth-order valence-electron chi connectivity index (χ4n) is 2.91. The van der Waals surface area contributed by atoms with Gasteiger partial charge >= 0.3 is 0 Å². The van der Waals surface area contributed by atoms with E-state index in [1.165, 1.54) is 11.3 Å². The number of carbonyl (C=O) groups is 1. The van der Waals surface area contributed by atoms with Crippen molar-refractivity contribution >= 4 is 22.4 Å². The summed E-state index contributed by atoms with van der Waals surface area (Å²) in [7, 11) is 1.87. The van der Waals surface area contributed by atoms with Crippen molar-refractivity contribution in [2.75, 3.05) is 12.3 Å². The van der Waals surface area contributed by atoms with Crippen molar-refractivity contribution < 1.29 is 4.79 Å². The van der Waals surface area contributed by atoms with E-state index in [0.29, 0.717) is 23.9 Å². The molecule has 0 fully saturated rings. The van der Waals surface area contributed by atoms with Gasteiger partial charge in [0.25, 0.3) is 5.91 Å². The minimum absolute atomic E-state index is 0.00127. The van der Waals surface area contributed by atoms with Gasteiger partial charge in [0, 0.05) is 36.7 Å². The third-order valence-corrected chi connectivity index (χ3v) is 4.66. The van der Waals surface area contributed by atoms with E-state index in [4.69, 9.17) is 5.73 Å². The van der Waals surface area contributed by atoms with Crippen LogP contribution in [0.25, 0.3) is 0 Å². The van der Waals surface area contributed by atoms with Crippen LogP contribution in [0.15, 0.2) is 24.1 Å². The highest BCUT2D eigenvalue weighted by Gasteiger charge is 2.33. The summed E-state index contributed by atoms with van der Waals surface area (Å²) in [5.74, 6) is -0.120. The second-order valence-corrected chi connectivity index (χ2v) is 6.41. The smallest absolute Gasteiger partial charge is 0.273 e. The Bertz CT molecular complexity index is 864. The highest BCUT2D eigenvalue weighted by Crippen LogP contribution is 2.32. The number of imidazole rings is 1. The number of aromatic amines is 1. The molecule has 1 atom stereocenters. The number of nitrogen functional groups attached to an aromatic ring is 1. The van der Waals surface area contributed by atoms with Crippen molar-refractivity contribution in [3.63, 3.8) is 0 Å². The summed E-state index contributed by atoms with van der Waals surface area (Å²) in [6, 6.07) is 0. The SMILES string of the molecule is Cn1cc(C2CN(C(=O)c3csc(N)n3)Cc3[nH]cnc32)cn1. The molecule has 3 N–H and O–H groups in total. The molecule has 3 aromatic rings. The van der Waals surface area contributed by atoms with Crippen molar-refractivity contribution in [2.24, 2.45) is 7.05 Å². The molecule has 3 aromatic heterocycles. The number of hydrogen-bond donors (Lipinski definition) is 2. The molecule has 0 radical (unpaired) electrons. The van der Waals surface area contributed by atoms with Crippen molar-refractivity contribution in [3.8, 4) is 0 Å². The third-order valence-electron chi connectivity index (χ3n) is 3.99. The van der Waals surface area contributed by atoms with Gasteiger partial charge in [0.2, 0.25) is 0 Å². The summed E-state index contributed by atoms with van der Waals surface area (Å²) >= 11 is 1.27. The lowest BCUT2D eigenvalue weighted by molar-refractivity contribution is 0.0717. The number of aromatic nitrogens is 5. The summed E-state index contributed by atoms with van der Waals surface area (Å²) < 4.78 is 1.75. The average Bonchev–Trinajstić information content (AvgIpc) is 3.25. The van der Waals surface area contributed by atoms with Gasteiger partial charge in [-0.15, -0.1) is 11.3 Å². The zero-order valence-corrected chi connectivity index (χ0v) is 13.2. The van der Waals surface area contributed by atoms with Gasteiger partial charge in [-0.25, -0.2) is 9.97 Å². The molecule has 9 heteroatoms. The second-order valence-electron chi connectivity index (χ2n) is 5.52. The van der Waals surface area contributed by atoms with Crippen LogP contribution >= 0.6 is 11.3 Å². The monoisotopic (exact) mass is 329 g/mol. The minimum Gasteiger partial charge on any atom is -0.375 e. The Hall–Kier alpha value is -2.68. The topological polar surface area (TPSA) is 106 Å². The molecule has 8 nitrogen and oxygen atoms in total. The van der Waals surface area contributed by atoms with E-state index in [1.807, 2.05) is 19.4 Å². The van der Waals surface area contributed by atoms with Crippen LogP contribution in [-0.2, 0) is 13.6 Å². The lowest BCUT2D eigenvalue weighted by atomic mass is 9.93. The zero-order valence-electron chi connectivity index (χ0n) is 12.4. The summed E-state index contributed by atoms with van der Waals surface area (Å²) in [6.45, 7) is 1.03. The Labute approximate surface area is 136 Å². The predicted octanol–water partition coefficient (Wildman–Crippen LogP) is 0.970. The quantitative estimate of drug-likeness (QED) is 0.729. The number of H-pyrrole nitrogens is 1. The number of amides is 1. The van der Waals surface area contributed by atoms with Crippen molar-refractivity contribution in [2.45, 2.75) is 12.5 Å². The standard InChI is InChI=1S/C14H15N7OS/c1-20-3-8(2-18-20)9-4-21(5-10-12(9)17-7-16-10)13(22)11-6-23-14(15)19-11/h2-3,6-7,9H,4-5H2,1H3,(H2,15,19)(H,16,17). The minimum atomic E-state index is -0.118. The van der Waals surface area contributed by atoms with Crippen LogP contribution in [0.3, 0.4) is 0 Å². The first-order valence-electron chi connectivity index (χ1n) is 7.13. The highest BCUT2D eigenvalue weighted by atomic mass is 32.1. The number of nitrogens with one attached hydrogen (secondary N) is 1. The molecule has 1 unspecified atom stereocenters. The molecule has 1 amide bonds. The first kappa shape index (κ1) is 13.9. The van der Waals surface area contributed by atoms with E-state index in [1.54, 1.807) is 21.3 Å². The number of hydrogen-bond acceptors (Lipinski definition) is 6. The van der Waals surface area contributed by atoms with Crippen LogP contribution in [0.4, 0.5) is 5.13 Å². The van der Waals surface area contributed by atoms with Gasteiger partial charge in [0.05, 0.1) is 30.5 Å². The number of aryl methyl sites for hydroxylation is 1. The fraction of sp³-hybridized carbons (Fsp3) is 0.286. The molecule has 118 valence electrons. The zero-order chi connectivity index (χ0) is 16.0. The maximum absolute atomic E-state index is 12.7. The number of rotatable bonds is 2. The highest BCUT2D eigenvalue weighted by molar-refractivity contribution is 7.13. The number of carbonyl (C=O) groups excluding carboxylic acids is 1. The van der Waals surface area contributed by atoms with Gasteiger partial charge in [-0.05, 0) is 0 Å². The van der Waals surface area contributed by atoms with Gasteiger partial charge < -0.3 is 15.6 Å². The van der Waals surface area contributed by atoms with E-state index < -0.39 is 0 Å². The number of fused-ring (bicyclic) bond motifs is 1. The van der Waals surface area contributed by atoms with Crippen LogP contribution in [0.2, 0.25) is 0 Å². The molecule has 4 rings (SSSR count). The molecule has 0 aromatic carbocycles. The van der Waals surface area contributed by atoms with Gasteiger partial charge in [0.15, 0.2) is 5.13 Å². The summed E-state index contributed by atoms with van der Waals surface area (Å²) in [5.41, 5.74) is 8.98. The maximum Gasteiger partial charge on any atom is 0.273 e. The van der Waals surface area contributed by atoms with Crippen LogP contribution in [0.5, 0.6) is 0 Å². The number of anilines is 1. The lowest BCUT2D eigenvalue weighted by Gasteiger charge is -2.31.